The molecule has 1 N–H and O–H groups in total. The lowest BCUT2D eigenvalue weighted by Crippen LogP contribution is -2.03. The van der Waals surface area contributed by atoms with Gasteiger partial charge in [0, 0.05) is 21.7 Å². The summed E-state index contributed by atoms with van der Waals surface area (Å²) in [4.78, 5) is 0. The van der Waals surface area contributed by atoms with Gasteiger partial charge in [-0.15, -0.1) is 0 Å². The molecule has 106 valence electrons. The van der Waals surface area contributed by atoms with Crippen LogP contribution in [0.25, 0.3) is 0 Å². The minimum atomic E-state index is -0.882. The fraction of sp³-hybridized carbons (Fsp3) is 0.200. The van der Waals surface area contributed by atoms with Crippen molar-refractivity contribution in [2.75, 3.05) is 14.2 Å². The molecule has 0 fully saturated rings. The zero-order valence-electron chi connectivity index (χ0n) is 11.1. The number of benzene rings is 2. The van der Waals surface area contributed by atoms with E-state index in [0.717, 1.165) is 0 Å². The van der Waals surface area contributed by atoms with E-state index >= 15 is 0 Å². The van der Waals surface area contributed by atoms with E-state index < -0.39 is 6.10 Å². The molecule has 5 heteroatoms. The monoisotopic (exact) mass is 312 g/mol. The van der Waals surface area contributed by atoms with E-state index in [1.807, 2.05) is 0 Å². The summed E-state index contributed by atoms with van der Waals surface area (Å²) >= 11 is 11.9. The third-order valence-electron chi connectivity index (χ3n) is 2.94. The summed E-state index contributed by atoms with van der Waals surface area (Å²) in [5, 5.41) is 11.4. The molecular formula is C15H14Cl2O3. The fourth-order valence-corrected chi connectivity index (χ4v) is 2.50. The molecular weight excluding hydrogens is 299 g/mol. The summed E-state index contributed by atoms with van der Waals surface area (Å²) in [6.45, 7) is 0. The Kier molecular flexibility index (Phi) is 4.76. The van der Waals surface area contributed by atoms with E-state index in [1.165, 1.54) is 7.11 Å². The van der Waals surface area contributed by atoms with Crippen molar-refractivity contribution in [1.29, 1.82) is 0 Å². The lowest BCUT2D eigenvalue weighted by atomic mass is 10.0. The van der Waals surface area contributed by atoms with Crippen LogP contribution in [0.3, 0.4) is 0 Å². The summed E-state index contributed by atoms with van der Waals surface area (Å²) < 4.78 is 10.4. The van der Waals surface area contributed by atoms with Gasteiger partial charge in [0.05, 0.1) is 14.2 Å². The molecule has 0 amide bonds. The Morgan fingerprint density at radius 3 is 2.15 bits per heavy atom. The van der Waals surface area contributed by atoms with Crippen LogP contribution in [0.5, 0.6) is 11.5 Å². The van der Waals surface area contributed by atoms with E-state index in [2.05, 4.69) is 0 Å². The van der Waals surface area contributed by atoms with Crippen LogP contribution in [0, 0.1) is 0 Å². The van der Waals surface area contributed by atoms with Gasteiger partial charge in [0.2, 0.25) is 0 Å². The van der Waals surface area contributed by atoms with Crippen molar-refractivity contribution in [2.45, 2.75) is 6.10 Å². The largest absolute Gasteiger partial charge is 0.497 e. The van der Waals surface area contributed by atoms with Gasteiger partial charge < -0.3 is 14.6 Å². The quantitative estimate of drug-likeness (QED) is 0.924. The molecule has 2 aromatic rings. The molecule has 0 bridgehead atoms. The van der Waals surface area contributed by atoms with Crippen LogP contribution < -0.4 is 9.47 Å². The van der Waals surface area contributed by atoms with Crippen molar-refractivity contribution in [3.8, 4) is 11.5 Å². The molecule has 1 unspecified atom stereocenters. The molecule has 0 radical (unpaired) electrons. The molecule has 20 heavy (non-hydrogen) atoms. The van der Waals surface area contributed by atoms with E-state index in [-0.39, 0.29) is 0 Å². The highest BCUT2D eigenvalue weighted by molar-refractivity contribution is 6.34. The molecule has 1 atom stereocenters. The maximum atomic E-state index is 10.5. The molecule has 0 aliphatic rings. The Morgan fingerprint density at radius 1 is 0.950 bits per heavy atom. The molecule has 2 rings (SSSR count). The molecule has 0 aliphatic heterocycles. The Labute approximate surface area is 127 Å². The number of ether oxygens (including phenoxy) is 2. The molecule has 0 aromatic heterocycles. The van der Waals surface area contributed by atoms with Crippen LogP contribution in [0.4, 0.5) is 0 Å². The first kappa shape index (κ1) is 15.0. The second-order valence-electron chi connectivity index (χ2n) is 4.21. The standard InChI is InChI=1S/C15H14Cl2O3/c1-19-12-3-4-13(14(8-12)20-2)15(18)9-5-10(16)7-11(17)6-9/h3-8,15,18H,1-2H3. The molecule has 0 heterocycles. The summed E-state index contributed by atoms with van der Waals surface area (Å²) in [6.07, 6.45) is -0.882. The van der Waals surface area contributed by atoms with E-state index in [4.69, 9.17) is 32.7 Å². The minimum absolute atomic E-state index is 0.471. The van der Waals surface area contributed by atoms with E-state index in [0.29, 0.717) is 32.7 Å². The number of hydrogen-bond donors (Lipinski definition) is 1. The number of halogens is 2. The molecule has 3 nitrogen and oxygen atoms in total. The molecule has 0 aliphatic carbocycles. The van der Waals surface area contributed by atoms with E-state index in [9.17, 15) is 5.11 Å². The van der Waals surface area contributed by atoms with Crippen molar-refractivity contribution in [3.63, 3.8) is 0 Å². The normalized spacial score (nSPS) is 12.1. The van der Waals surface area contributed by atoms with Gasteiger partial charge in [-0.3, -0.25) is 0 Å². The Bertz CT molecular complexity index is 594. The third kappa shape index (κ3) is 3.18. The zero-order chi connectivity index (χ0) is 14.7. The Balaban J connectivity index is 2.44. The molecule has 0 saturated carbocycles. The highest BCUT2D eigenvalue weighted by Crippen LogP contribution is 2.34. The van der Waals surface area contributed by atoms with Crippen molar-refractivity contribution in [3.05, 3.63) is 57.6 Å². The average Bonchev–Trinajstić information content (AvgIpc) is 2.44. The van der Waals surface area contributed by atoms with Gasteiger partial charge in [0.1, 0.15) is 17.6 Å². The topological polar surface area (TPSA) is 38.7 Å². The van der Waals surface area contributed by atoms with Crippen molar-refractivity contribution in [2.24, 2.45) is 0 Å². The second kappa shape index (κ2) is 6.35. The van der Waals surface area contributed by atoms with Gasteiger partial charge in [-0.25, -0.2) is 0 Å². The molecule has 0 saturated heterocycles. The number of hydrogen-bond acceptors (Lipinski definition) is 3. The van der Waals surface area contributed by atoms with Crippen LogP contribution in [-0.2, 0) is 0 Å². The van der Waals surface area contributed by atoms with Crippen LogP contribution >= 0.6 is 23.2 Å². The maximum Gasteiger partial charge on any atom is 0.128 e. The lowest BCUT2D eigenvalue weighted by molar-refractivity contribution is 0.214. The van der Waals surface area contributed by atoms with E-state index in [1.54, 1.807) is 43.5 Å². The summed E-state index contributed by atoms with van der Waals surface area (Å²) in [6, 6.07) is 10.2. The average molecular weight is 313 g/mol. The number of methoxy groups -OCH3 is 2. The Morgan fingerprint density at radius 2 is 1.60 bits per heavy atom. The van der Waals surface area contributed by atoms with Crippen molar-refractivity contribution < 1.29 is 14.6 Å². The highest BCUT2D eigenvalue weighted by atomic mass is 35.5. The van der Waals surface area contributed by atoms with Crippen LogP contribution in [-0.4, -0.2) is 19.3 Å². The first-order valence-electron chi connectivity index (χ1n) is 5.91. The van der Waals surface area contributed by atoms with Gasteiger partial charge in [0.15, 0.2) is 0 Å². The van der Waals surface area contributed by atoms with Gasteiger partial charge in [-0.1, -0.05) is 23.2 Å². The SMILES string of the molecule is COc1ccc(C(O)c2cc(Cl)cc(Cl)c2)c(OC)c1. The van der Waals surface area contributed by atoms with Crippen LogP contribution in [0.2, 0.25) is 10.0 Å². The first-order chi connectivity index (χ1) is 9.55. The summed E-state index contributed by atoms with van der Waals surface area (Å²) in [5.41, 5.74) is 1.22. The van der Waals surface area contributed by atoms with Gasteiger partial charge in [-0.05, 0) is 35.9 Å². The fourth-order valence-electron chi connectivity index (χ4n) is 1.96. The van der Waals surface area contributed by atoms with Gasteiger partial charge >= 0.3 is 0 Å². The van der Waals surface area contributed by atoms with Crippen LogP contribution in [0.15, 0.2) is 36.4 Å². The zero-order valence-corrected chi connectivity index (χ0v) is 12.6. The number of aliphatic hydroxyl groups is 1. The van der Waals surface area contributed by atoms with Gasteiger partial charge in [-0.2, -0.15) is 0 Å². The minimum Gasteiger partial charge on any atom is -0.497 e. The summed E-state index contributed by atoms with van der Waals surface area (Å²) in [7, 11) is 3.11. The predicted octanol–water partition coefficient (Wildman–Crippen LogP) is 4.09. The Hall–Kier alpha value is -1.42. The smallest absolute Gasteiger partial charge is 0.128 e. The maximum absolute atomic E-state index is 10.5. The second-order valence-corrected chi connectivity index (χ2v) is 5.09. The van der Waals surface area contributed by atoms with Crippen LogP contribution in [0.1, 0.15) is 17.2 Å². The summed E-state index contributed by atoms with van der Waals surface area (Å²) in [5.74, 6) is 1.19. The molecule has 0 spiro atoms. The highest BCUT2D eigenvalue weighted by Gasteiger charge is 2.17. The lowest BCUT2D eigenvalue weighted by Gasteiger charge is -2.16. The molecule has 2 aromatic carbocycles. The van der Waals surface area contributed by atoms with Crippen molar-refractivity contribution in [1.82, 2.24) is 0 Å². The van der Waals surface area contributed by atoms with Crippen molar-refractivity contribution >= 4 is 23.2 Å². The number of aliphatic hydroxyl groups excluding tert-OH is 1. The van der Waals surface area contributed by atoms with Gasteiger partial charge in [0.25, 0.3) is 0 Å². The predicted molar refractivity (Wildman–Crippen MR) is 80.1 cm³/mol. The first-order valence-corrected chi connectivity index (χ1v) is 6.66. The third-order valence-corrected chi connectivity index (χ3v) is 3.37. The number of rotatable bonds is 4.